The molecule has 0 fully saturated rings. The van der Waals surface area contributed by atoms with Crippen LogP contribution in [0.15, 0.2) is 18.2 Å². The first-order valence-electron chi connectivity index (χ1n) is 5.84. The van der Waals surface area contributed by atoms with Gasteiger partial charge in [0.1, 0.15) is 0 Å². The molecule has 0 spiro atoms. The minimum atomic E-state index is 0.630. The second kappa shape index (κ2) is 4.13. The van der Waals surface area contributed by atoms with Crippen molar-refractivity contribution in [1.82, 2.24) is 0 Å². The Bertz CT molecular complexity index is 346. The van der Waals surface area contributed by atoms with E-state index in [-0.39, 0.29) is 0 Å². The van der Waals surface area contributed by atoms with E-state index in [9.17, 15) is 0 Å². The summed E-state index contributed by atoms with van der Waals surface area (Å²) in [5.74, 6) is 0. The first-order chi connectivity index (χ1) is 7.24. The second-order valence-corrected chi connectivity index (χ2v) is 4.32. The van der Waals surface area contributed by atoms with Gasteiger partial charge >= 0.3 is 0 Å². The molecule has 82 valence electrons. The van der Waals surface area contributed by atoms with Crippen LogP contribution in [0.1, 0.15) is 25.8 Å². The first-order valence-corrected chi connectivity index (χ1v) is 5.84. The maximum atomic E-state index is 3.55. The van der Waals surface area contributed by atoms with Gasteiger partial charge in [-0.3, -0.25) is 0 Å². The van der Waals surface area contributed by atoms with Gasteiger partial charge in [-0.25, -0.2) is 0 Å². The van der Waals surface area contributed by atoms with Crippen molar-refractivity contribution in [3.63, 3.8) is 0 Å². The quantitative estimate of drug-likeness (QED) is 0.756. The average Bonchev–Trinajstić information content (AvgIpc) is 2.38. The third-order valence-electron chi connectivity index (χ3n) is 3.30. The molecule has 1 aromatic carbocycles. The first kappa shape index (κ1) is 10.3. The lowest BCUT2D eigenvalue weighted by molar-refractivity contribution is 0.626. The molecule has 0 aromatic heterocycles. The SMILES string of the molecule is CCN1c2cccc(C)c2NCCC1C. The number of anilines is 2. The van der Waals surface area contributed by atoms with Crippen molar-refractivity contribution in [1.29, 1.82) is 0 Å². The summed E-state index contributed by atoms with van der Waals surface area (Å²) in [5.41, 5.74) is 4.03. The van der Waals surface area contributed by atoms with Crippen molar-refractivity contribution in [2.45, 2.75) is 33.2 Å². The maximum absolute atomic E-state index is 3.55. The summed E-state index contributed by atoms with van der Waals surface area (Å²) < 4.78 is 0. The molecular weight excluding hydrogens is 184 g/mol. The zero-order chi connectivity index (χ0) is 10.8. The zero-order valence-corrected chi connectivity index (χ0v) is 9.88. The van der Waals surface area contributed by atoms with Gasteiger partial charge in [0.15, 0.2) is 0 Å². The molecule has 1 N–H and O–H groups in total. The molecule has 1 unspecified atom stereocenters. The number of benzene rings is 1. The van der Waals surface area contributed by atoms with Gasteiger partial charge in [0, 0.05) is 19.1 Å². The fourth-order valence-electron chi connectivity index (χ4n) is 2.40. The van der Waals surface area contributed by atoms with Crippen LogP contribution in [-0.2, 0) is 0 Å². The van der Waals surface area contributed by atoms with Gasteiger partial charge < -0.3 is 10.2 Å². The van der Waals surface area contributed by atoms with Gasteiger partial charge in [0.25, 0.3) is 0 Å². The van der Waals surface area contributed by atoms with Gasteiger partial charge in [-0.1, -0.05) is 12.1 Å². The highest BCUT2D eigenvalue weighted by atomic mass is 15.2. The van der Waals surface area contributed by atoms with E-state index in [1.54, 1.807) is 0 Å². The van der Waals surface area contributed by atoms with E-state index < -0.39 is 0 Å². The molecule has 0 aliphatic carbocycles. The van der Waals surface area contributed by atoms with Crippen molar-refractivity contribution in [3.8, 4) is 0 Å². The van der Waals surface area contributed by atoms with Crippen LogP contribution < -0.4 is 10.2 Å². The third kappa shape index (κ3) is 1.81. The molecule has 1 heterocycles. The molecule has 15 heavy (non-hydrogen) atoms. The van der Waals surface area contributed by atoms with E-state index in [1.807, 2.05) is 0 Å². The Labute approximate surface area is 92.3 Å². The molecule has 1 aliphatic rings. The number of fused-ring (bicyclic) bond motifs is 1. The Kier molecular flexibility index (Phi) is 2.85. The van der Waals surface area contributed by atoms with E-state index in [2.05, 4.69) is 49.2 Å². The fourth-order valence-corrected chi connectivity index (χ4v) is 2.40. The largest absolute Gasteiger partial charge is 0.383 e. The molecule has 1 aliphatic heterocycles. The number of para-hydroxylation sites is 1. The Morgan fingerprint density at radius 3 is 3.00 bits per heavy atom. The molecule has 0 radical (unpaired) electrons. The van der Waals surface area contributed by atoms with Crippen molar-refractivity contribution in [3.05, 3.63) is 23.8 Å². The second-order valence-electron chi connectivity index (χ2n) is 4.32. The highest BCUT2D eigenvalue weighted by Gasteiger charge is 2.19. The van der Waals surface area contributed by atoms with Crippen LogP contribution in [0.5, 0.6) is 0 Å². The van der Waals surface area contributed by atoms with Crippen LogP contribution in [0.3, 0.4) is 0 Å². The highest BCUT2D eigenvalue weighted by molar-refractivity contribution is 5.74. The standard InChI is InChI=1S/C13H20N2/c1-4-15-11(3)8-9-14-13-10(2)6-5-7-12(13)15/h5-7,11,14H,4,8-9H2,1-3H3. The van der Waals surface area contributed by atoms with Gasteiger partial charge in [-0.15, -0.1) is 0 Å². The minimum Gasteiger partial charge on any atom is -0.383 e. The molecule has 0 saturated carbocycles. The van der Waals surface area contributed by atoms with E-state index >= 15 is 0 Å². The molecule has 0 saturated heterocycles. The Morgan fingerprint density at radius 1 is 1.47 bits per heavy atom. The fraction of sp³-hybridized carbons (Fsp3) is 0.538. The van der Waals surface area contributed by atoms with Crippen molar-refractivity contribution in [2.75, 3.05) is 23.3 Å². The number of hydrogen-bond acceptors (Lipinski definition) is 2. The normalized spacial score (nSPS) is 20.5. The molecule has 1 atom stereocenters. The van der Waals surface area contributed by atoms with E-state index in [1.165, 1.54) is 23.4 Å². The van der Waals surface area contributed by atoms with Crippen LogP contribution in [0, 0.1) is 6.92 Å². The Morgan fingerprint density at radius 2 is 2.27 bits per heavy atom. The van der Waals surface area contributed by atoms with Crippen molar-refractivity contribution >= 4 is 11.4 Å². The molecular formula is C13H20N2. The van der Waals surface area contributed by atoms with Crippen LogP contribution >= 0.6 is 0 Å². The van der Waals surface area contributed by atoms with E-state index in [0.717, 1.165) is 13.1 Å². The average molecular weight is 204 g/mol. The Hall–Kier alpha value is -1.18. The lowest BCUT2D eigenvalue weighted by atomic mass is 10.1. The van der Waals surface area contributed by atoms with Crippen LogP contribution in [0.2, 0.25) is 0 Å². The minimum absolute atomic E-state index is 0.630. The van der Waals surface area contributed by atoms with Crippen LogP contribution in [0.25, 0.3) is 0 Å². The molecule has 2 heteroatoms. The summed E-state index contributed by atoms with van der Waals surface area (Å²) in [6, 6.07) is 7.18. The summed E-state index contributed by atoms with van der Waals surface area (Å²) >= 11 is 0. The van der Waals surface area contributed by atoms with Gasteiger partial charge in [-0.2, -0.15) is 0 Å². The van der Waals surface area contributed by atoms with Gasteiger partial charge in [0.05, 0.1) is 11.4 Å². The topological polar surface area (TPSA) is 15.3 Å². The summed E-state index contributed by atoms with van der Waals surface area (Å²) in [4.78, 5) is 2.49. The monoisotopic (exact) mass is 204 g/mol. The summed E-state index contributed by atoms with van der Waals surface area (Å²) in [7, 11) is 0. The molecule has 2 nitrogen and oxygen atoms in total. The van der Waals surface area contributed by atoms with Gasteiger partial charge in [0.2, 0.25) is 0 Å². The Balaban J connectivity index is 2.47. The lowest BCUT2D eigenvalue weighted by Gasteiger charge is -2.29. The van der Waals surface area contributed by atoms with E-state index in [4.69, 9.17) is 0 Å². The molecule has 0 amide bonds. The highest BCUT2D eigenvalue weighted by Crippen LogP contribution is 2.33. The zero-order valence-electron chi connectivity index (χ0n) is 9.88. The summed E-state index contributed by atoms with van der Waals surface area (Å²) in [6.45, 7) is 8.88. The van der Waals surface area contributed by atoms with Gasteiger partial charge in [-0.05, 0) is 38.8 Å². The smallest absolute Gasteiger partial charge is 0.0607 e. The summed E-state index contributed by atoms with van der Waals surface area (Å²) in [6.07, 6.45) is 1.21. The van der Waals surface area contributed by atoms with Crippen LogP contribution in [-0.4, -0.2) is 19.1 Å². The molecule has 1 aromatic rings. The van der Waals surface area contributed by atoms with Crippen LogP contribution in [0.4, 0.5) is 11.4 Å². The third-order valence-corrected chi connectivity index (χ3v) is 3.30. The predicted octanol–water partition coefficient (Wildman–Crippen LogP) is 3.03. The maximum Gasteiger partial charge on any atom is 0.0607 e. The molecule has 2 rings (SSSR count). The number of nitrogens with zero attached hydrogens (tertiary/aromatic N) is 1. The van der Waals surface area contributed by atoms with E-state index in [0.29, 0.717) is 6.04 Å². The number of hydrogen-bond donors (Lipinski definition) is 1. The summed E-state index contributed by atoms with van der Waals surface area (Å²) in [5, 5.41) is 3.55. The number of rotatable bonds is 1. The lowest BCUT2D eigenvalue weighted by Crippen LogP contribution is -2.32. The number of nitrogens with one attached hydrogen (secondary N) is 1. The molecule has 0 bridgehead atoms. The van der Waals surface area contributed by atoms with Crippen molar-refractivity contribution < 1.29 is 0 Å². The number of aryl methyl sites for hydroxylation is 1. The predicted molar refractivity (Wildman–Crippen MR) is 66.8 cm³/mol. The van der Waals surface area contributed by atoms with Crippen molar-refractivity contribution in [2.24, 2.45) is 0 Å².